The van der Waals surface area contributed by atoms with E-state index in [9.17, 15) is 4.79 Å². The van der Waals surface area contributed by atoms with E-state index < -0.39 is 0 Å². The van der Waals surface area contributed by atoms with Gasteiger partial charge in [-0.05, 0) is 26.9 Å². The van der Waals surface area contributed by atoms with Gasteiger partial charge in [-0.15, -0.1) is 0 Å². The minimum atomic E-state index is -0.192. The second-order valence-corrected chi connectivity index (χ2v) is 4.53. The molecule has 13 heavy (non-hydrogen) atoms. The maximum atomic E-state index is 11.2. The van der Waals surface area contributed by atoms with E-state index in [2.05, 4.69) is 18.9 Å². The van der Waals surface area contributed by atoms with E-state index >= 15 is 0 Å². The summed E-state index contributed by atoms with van der Waals surface area (Å²) in [6.07, 6.45) is 2.43. The van der Waals surface area contributed by atoms with E-state index in [-0.39, 0.29) is 11.2 Å². The van der Waals surface area contributed by atoms with Crippen molar-refractivity contribution >= 4 is 5.78 Å². The molecule has 0 aliphatic rings. The lowest BCUT2D eigenvalue weighted by molar-refractivity contribution is -0.125. The molecule has 0 spiro atoms. The first kappa shape index (κ1) is 12.6. The third-order valence-corrected chi connectivity index (χ3v) is 2.51. The average molecular weight is 185 g/mol. The molecule has 0 amide bonds. The van der Waals surface area contributed by atoms with Gasteiger partial charge in [0.25, 0.3) is 0 Å². The van der Waals surface area contributed by atoms with Crippen LogP contribution in [0.2, 0.25) is 0 Å². The average Bonchev–Trinajstić information content (AvgIpc) is 1.99. The van der Waals surface area contributed by atoms with Crippen molar-refractivity contribution in [3.63, 3.8) is 0 Å². The molecular weight excluding hydrogens is 162 g/mol. The van der Waals surface area contributed by atoms with Crippen LogP contribution in [0.25, 0.3) is 0 Å². The minimum absolute atomic E-state index is 0.192. The van der Waals surface area contributed by atoms with Crippen molar-refractivity contribution in [3.05, 3.63) is 0 Å². The highest BCUT2D eigenvalue weighted by atomic mass is 16.1. The summed E-state index contributed by atoms with van der Waals surface area (Å²) in [6.45, 7) is 9.84. The summed E-state index contributed by atoms with van der Waals surface area (Å²) in [4.78, 5) is 13.5. The molecular formula is C11H23NO. The standard InChI is InChI=1S/C11H23NO/c1-6-7-8-12(5)9-11(3,4)10(2)13/h6-9H2,1-5H3. The van der Waals surface area contributed by atoms with Crippen molar-refractivity contribution < 1.29 is 4.79 Å². The molecule has 0 bridgehead atoms. The Morgan fingerprint density at radius 3 is 2.31 bits per heavy atom. The predicted octanol–water partition coefficient (Wildman–Crippen LogP) is 2.33. The molecule has 0 N–H and O–H groups in total. The lowest BCUT2D eigenvalue weighted by Crippen LogP contribution is -2.36. The molecule has 0 aromatic heterocycles. The molecule has 0 saturated carbocycles. The first-order valence-corrected chi connectivity index (χ1v) is 5.09. The van der Waals surface area contributed by atoms with E-state index in [0.717, 1.165) is 13.1 Å². The van der Waals surface area contributed by atoms with Crippen molar-refractivity contribution in [2.24, 2.45) is 5.41 Å². The fourth-order valence-electron chi connectivity index (χ4n) is 1.29. The highest BCUT2D eigenvalue weighted by molar-refractivity contribution is 5.81. The molecule has 0 aliphatic carbocycles. The molecule has 0 aromatic carbocycles. The molecule has 0 unspecified atom stereocenters. The molecule has 78 valence electrons. The largest absolute Gasteiger partial charge is 0.305 e. The predicted molar refractivity (Wildman–Crippen MR) is 56.9 cm³/mol. The quantitative estimate of drug-likeness (QED) is 0.633. The van der Waals surface area contributed by atoms with Crippen LogP contribution >= 0.6 is 0 Å². The molecule has 0 atom stereocenters. The van der Waals surface area contributed by atoms with Crippen LogP contribution in [0, 0.1) is 5.41 Å². The highest BCUT2D eigenvalue weighted by Gasteiger charge is 2.24. The molecule has 0 heterocycles. The zero-order valence-electron chi connectivity index (χ0n) is 9.68. The highest BCUT2D eigenvalue weighted by Crippen LogP contribution is 2.17. The molecule has 0 aromatic rings. The van der Waals surface area contributed by atoms with Gasteiger partial charge in [0.15, 0.2) is 0 Å². The summed E-state index contributed by atoms with van der Waals surface area (Å²) >= 11 is 0. The smallest absolute Gasteiger partial charge is 0.136 e. The van der Waals surface area contributed by atoms with Gasteiger partial charge in [0.2, 0.25) is 0 Å². The third-order valence-electron chi connectivity index (χ3n) is 2.51. The summed E-state index contributed by atoms with van der Waals surface area (Å²) in [6, 6.07) is 0. The zero-order chi connectivity index (χ0) is 10.5. The van der Waals surface area contributed by atoms with E-state index in [1.807, 2.05) is 13.8 Å². The number of Topliss-reactive ketones (excluding diaryl/α,β-unsaturated/α-hetero) is 1. The van der Waals surface area contributed by atoms with Gasteiger partial charge in [0.05, 0.1) is 0 Å². The lowest BCUT2D eigenvalue weighted by atomic mass is 9.88. The second-order valence-electron chi connectivity index (χ2n) is 4.53. The zero-order valence-corrected chi connectivity index (χ0v) is 9.68. The Morgan fingerprint density at radius 1 is 1.38 bits per heavy atom. The molecule has 0 saturated heterocycles. The second kappa shape index (κ2) is 5.38. The summed E-state index contributed by atoms with van der Waals surface area (Å²) in [5, 5.41) is 0. The van der Waals surface area contributed by atoms with Crippen molar-refractivity contribution in [3.8, 4) is 0 Å². The monoisotopic (exact) mass is 185 g/mol. The van der Waals surface area contributed by atoms with E-state index in [1.165, 1.54) is 12.8 Å². The SMILES string of the molecule is CCCCN(C)CC(C)(C)C(C)=O. The van der Waals surface area contributed by atoms with Crippen LogP contribution in [0.1, 0.15) is 40.5 Å². The molecule has 0 rings (SSSR count). The van der Waals surface area contributed by atoms with E-state index in [4.69, 9.17) is 0 Å². The van der Waals surface area contributed by atoms with Crippen molar-refractivity contribution in [2.75, 3.05) is 20.1 Å². The van der Waals surface area contributed by atoms with Crippen LogP contribution in [-0.2, 0) is 4.79 Å². The van der Waals surface area contributed by atoms with Gasteiger partial charge in [-0.25, -0.2) is 0 Å². The number of rotatable bonds is 6. The van der Waals surface area contributed by atoms with Gasteiger partial charge in [0.1, 0.15) is 5.78 Å². The van der Waals surface area contributed by atoms with Crippen LogP contribution in [0.15, 0.2) is 0 Å². The minimum Gasteiger partial charge on any atom is -0.305 e. The Morgan fingerprint density at radius 2 is 1.92 bits per heavy atom. The maximum absolute atomic E-state index is 11.2. The van der Waals surface area contributed by atoms with E-state index in [0.29, 0.717) is 0 Å². The number of nitrogens with zero attached hydrogens (tertiary/aromatic N) is 1. The molecule has 0 radical (unpaired) electrons. The molecule has 2 nitrogen and oxygen atoms in total. The number of hydrogen-bond acceptors (Lipinski definition) is 2. The lowest BCUT2D eigenvalue weighted by Gasteiger charge is -2.27. The molecule has 2 heteroatoms. The number of ketones is 1. The summed E-state index contributed by atoms with van der Waals surface area (Å²) < 4.78 is 0. The molecule has 0 aliphatic heterocycles. The van der Waals surface area contributed by atoms with Crippen LogP contribution in [0.4, 0.5) is 0 Å². The van der Waals surface area contributed by atoms with Crippen LogP contribution < -0.4 is 0 Å². The van der Waals surface area contributed by atoms with Crippen LogP contribution in [0.3, 0.4) is 0 Å². The maximum Gasteiger partial charge on any atom is 0.136 e. The topological polar surface area (TPSA) is 20.3 Å². The Hall–Kier alpha value is -0.370. The summed E-state index contributed by atoms with van der Waals surface area (Å²) in [5.74, 6) is 0.274. The van der Waals surface area contributed by atoms with Crippen LogP contribution in [0.5, 0.6) is 0 Å². The van der Waals surface area contributed by atoms with E-state index in [1.54, 1.807) is 6.92 Å². The first-order valence-electron chi connectivity index (χ1n) is 5.09. The van der Waals surface area contributed by atoms with Gasteiger partial charge in [-0.2, -0.15) is 0 Å². The Balaban J connectivity index is 3.89. The Labute approximate surface area is 82.3 Å². The van der Waals surface area contributed by atoms with Crippen molar-refractivity contribution in [1.82, 2.24) is 4.90 Å². The number of carbonyl (C=O) groups excluding carboxylic acids is 1. The molecule has 0 fully saturated rings. The summed E-state index contributed by atoms with van der Waals surface area (Å²) in [7, 11) is 2.08. The van der Waals surface area contributed by atoms with Crippen molar-refractivity contribution in [1.29, 1.82) is 0 Å². The van der Waals surface area contributed by atoms with Gasteiger partial charge >= 0.3 is 0 Å². The normalized spacial score (nSPS) is 12.2. The van der Waals surface area contributed by atoms with Gasteiger partial charge in [-0.3, -0.25) is 4.79 Å². The van der Waals surface area contributed by atoms with Gasteiger partial charge in [-0.1, -0.05) is 27.2 Å². The Bertz CT molecular complexity index is 163. The number of carbonyl (C=O) groups is 1. The summed E-state index contributed by atoms with van der Waals surface area (Å²) in [5.41, 5.74) is -0.192. The number of hydrogen-bond donors (Lipinski definition) is 0. The van der Waals surface area contributed by atoms with Crippen LogP contribution in [-0.4, -0.2) is 30.8 Å². The van der Waals surface area contributed by atoms with Gasteiger partial charge < -0.3 is 4.90 Å². The Kier molecular flexibility index (Phi) is 5.23. The number of unbranched alkanes of at least 4 members (excludes halogenated alkanes) is 1. The first-order chi connectivity index (χ1) is 5.90. The third kappa shape index (κ3) is 5.04. The van der Waals surface area contributed by atoms with Gasteiger partial charge in [0, 0.05) is 12.0 Å². The fourth-order valence-corrected chi connectivity index (χ4v) is 1.29. The fraction of sp³-hybridized carbons (Fsp3) is 0.909. The van der Waals surface area contributed by atoms with Crippen molar-refractivity contribution in [2.45, 2.75) is 40.5 Å².